The SMILES string of the molecule is CC(C)CN(C[C@@H](O)[C@H](Cc1ccccc1)NC(=O)[C@@H]1COCCN1C)S(=O)(=O)c1ccc(O)cc1. The Morgan fingerprint density at radius 2 is 1.81 bits per heavy atom. The van der Waals surface area contributed by atoms with Crippen molar-refractivity contribution in [3.05, 3.63) is 60.2 Å². The molecule has 1 heterocycles. The number of benzene rings is 2. The molecule has 0 unspecified atom stereocenters. The summed E-state index contributed by atoms with van der Waals surface area (Å²) in [6.45, 7) is 5.21. The van der Waals surface area contributed by atoms with Crippen LogP contribution >= 0.6 is 0 Å². The number of nitrogens with one attached hydrogen (secondary N) is 1. The van der Waals surface area contributed by atoms with E-state index >= 15 is 0 Å². The lowest BCUT2D eigenvalue weighted by atomic mass is 10.00. The topological polar surface area (TPSA) is 119 Å². The predicted octanol–water partition coefficient (Wildman–Crippen LogP) is 1.46. The molecule has 1 aliphatic rings. The molecule has 1 amide bonds. The van der Waals surface area contributed by atoms with Gasteiger partial charge in [0.25, 0.3) is 0 Å². The highest BCUT2D eigenvalue weighted by atomic mass is 32.2. The van der Waals surface area contributed by atoms with Crippen molar-refractivity contribution in [2.45, 2.75) is 43.4 Å². The number of carbonyl (C=O) groups excluding carboxylic acids is 1. The minimum absolute atomic E-state index is 0.000656. The summed E-state index contributed by atoms with van der Waals surface area (Å²) in [5.41, 5.74) is 0.909. The number of hydrogen-bond donors (Lipinski definition) is 3. The maximum atomic E-state index is 13.4. The van der Waals surface area contributed by atoms with Crippen LogP contribution in [0.5, 0.6) is 5.75 Å². The number of phenolic OH excluding ortho intramolecular Hbond substituents is 1. The Morgan fingerprint density at radius 1 is 1.14 bits per heavy atom. The summed E-state index contributed by atoms with van der Waals surface area (Å²) in [4.78, 5) is 15.1. The number of aromatic hydroxyl groups is 1. The van der Waals surface area contributed by atoms with Crippen LogP contribution in [0.25, 0.3) is 0 Å². The molecular weight excluding hydrogens is 482 g/mol. The summed E-state index contributed by atoms with van der Waals surface area (Å²) in [7, 11) is -2.10. The van der Waals surface area contributed by atoms with E-state index < -0.39 is 28.2 Å². The van der Waals surface area contributed by atoms with Crippen molar-refractivity contribution in [2.24, 2.45) is 5.92 Å². The van der Waals surface area contributed by atoms with Crippen LogP contribution in [0, 0.1) is 5.92 Å². The van der Waals surface area contributed by atoms with Gasteiger partial charge >= 0.3 is 0 Å². The lowest BCUT2D eigenvalue weighted by Gasteiger charge is -2.34. The van der Waals surface area contributed by atoms with Crippen LogP contribution < -0.4 is 5.32 Å². The Morgan fingerprint density at radius 3 is 2.42 bits per heavy atom. The normalized spacial score (nSPS) is 18.8. The van der Waals surface area contributed by atoms with Crippen LogP contribution in [0.15, 0.2) is 59.5 Å². The highest BCUT2D eigenvalue weighted by Gasteiger charge is 2.34. The number of aliphatic hydroxyl groups excluding tert-OH is 1. The summed E-state index contributed by atoms with van der Waals surface area (Å²) in [6.07, 6.45) is -0.839. The number of amides is 1. The van der Waals surface area contributed by atoms with E-state index in [4.69, 9.17) is 4.74 Å². The van der Waals surface area contributed by atoms with E-state index in [0.717, 1.165) is 5.56 Å². The summed E-state index contributed by atoms with van der Waals surface area (Å²) >= 11 is 0. The quantitative estimate of drug-likeness (QED) is 0.411. The monoisotopic (exact) mass is 519 g/mol. The first-order chi connectivity index (χ1) is 17.1. The molecule has 0 saturated carbocycles. The van der Waals surface area contributed by atoms with Gasteiger partial charge in [-0.25, -0.2) is 8.42 Å². The number of morpholine rings is 1. The fourth-order valence-electron chi connectivity index (χ4n) is 4.17. The van der Waals surface area contributed by atoms with Crippen LogP contribution in [0.1, 0.15) is 19.4 Å². The van der Waals surface area contributed by atoms with E-state index in [1.54, 1.807) is 0 Å². The zero-order valence-electron chi connectivity index (χ0n) is 21.1. The molecule has 0 bridgehead atoms. The molecule has 3 N–H and O–H groups in total. The smallest absolute Gasteiger partial charge is 0.243 e. The van der Waals surface area contributed by atoms with Gasteiger partial charge < -0.3 is 20.3 Å². The second-order valence-corrected chi connectivity index (χ2v) is 11.6. The molecule has 3 rings (SSSR count). The van der Waals surface area contributed by atoms with Gasteiger partial charge in [0, 0.05) is 19.6 Å². The Bertz CT molecular complexity index is 1080. The van der Waals surface area contributed by atoms with Crippen LogP contribution in [-0.4, -0.2) is 91.8 Å². The third kappa shape index (κ3) is 7.50. The molecule has 2 aromatic carbocycles. The van der Waals surface area contributed by atoms with Gasteiger partial charge in [0.05, 0.1) is 30.3 Å². The van der Waals surface area contributed by atoms with Crippen LogP contribution in [-0.2, 0) is 26.0 Å². The van der Waals surface area contributed by atoms with E-state index in [-0.39, 0.29) is 42.2 Å². The fraction of sp³-hybridized carbons (Fsp3) is 0.500. The van der Waals surface area contributed by atoms with Gasteiger partial charge in [-0.2, -0.15) is 4.31 Å². The molecule has 10 heteroatoms. The van der Waals surface area contributed by atoms with Crippen LogP contribution in [0.2, 0.25) is 0 Å². The lowest BCUT2D eigenvalue weighted by Crippen LogP contribution is -2.57. The van der Waals surface area contributed by atoms with Crippen LogP contribution in [0.4, 0.5) is 0 Å². The molecule has 1 aliphatic heterocycles. The van der Waals surface area contributed by atoms with Crippen molar-refractivity contribution >= 4 is 15.9 Å². The highest BCUT2D eigenvalue weighted by molar-refractivity contribution is 7.89. The zero-order chi connectivity index (χ0) is 26.3. The predicted molar refractivity (Wildman–Crippen MR) is 137 cm³/mol. The molecule has 0 spiro atoms. The summed E-state index contributed by atoms with van der Waals surface area (Å²) in [5.74, 6) is -0.306. The molecule has 1 fully saturated rings. The molecule has 36 heavy (non-hydrogen) atoms. The van der Waals surface area contributed by atoms with Gasteiger partial charge in [-0.05, 0) is 49.2 Å². The Labute approximate surface area is 213 Å². The molecule has 0 aromatic heterocycles. The third-order valence-corrected chi connectivity index (χ3v) is 8.07. The Hall–Kier alpha value is -2.50. The average molecular weight is 520 g/mol. The van der Waals surface area contributed by atoms with Crippen molar-refractivity contribution in [2.75, 3.05) is 39.9 Å². The largest absolute Gasteiger partial charge is 0.508 e. The third-order valence-electron chi connectivity index (χ3n) is 6.22. The van der Waals surface area contributed by atoms with Gasteiger partial charge in [0.2, 0.25) is 15.9 Å². The van der Waals surface area contributed by atoms with Gasteiger partial charge in [-0.15, -0.1) is 0 Å². The Balaban J connectivity index is 1.84. The first-order valence-electron chi connectivity index (χ1n) is 12.2. The molecule has 0 aliphatic carbocycles. The lowest BCUT2D eigenvalue weighted by molar-refractivity contribution is -0.133. The van der Waals surface area contributed by atoms with Crippen molar-refractivity contribution in [3.63, 3.8) is 0 Å². The number of carbonyl (C=O) groups is 1. The standard InChI is InChI=1S/C26H37N3O6S/c1-19(2)16-29(36(33,34)22-11-9-21(30)10-12-22)17-25(31)23(15-20-7-5-4-6-8-20)27-26(32)24-18-35-14-13-28(24)3/h4-12,19,23-25,30-31H,13-18H2,1-3H3,(H,27,32)/t23-,24-,25+/m0/s1. The summed E-state index contributed by atoms with van der Waals surface area (Å²) in [6, 6.07) is 13.6. The van der Waals surface area contributed by atoms with E-state index in [9.17, 15) is 23.4 Å². The Kier molecular flexibility index (Phi) is 9.86. The minimum Gasteiger partial charge on any atom is -0.508 e. The second-order valence-electron chi connectivity index (χ2n) is 9.65. The maximum absolute atomic E-state index is 13.4. The zero-order valence-corrected chi connectivity index (χ0v) is 21.9. The fourth-order valence-corrected chi connectivity index (χ4v) is 5.80. The van der Waals surface area contributed by atoms with E-state index in [2.05, 4.69) is 5.32 Å². The molecule has 2 aromatic rings. The van der Waals surface area contributed by atoms with Crippen molar-refractivity contribution < 1.29 is 28.2 Å². The van der Waals surface area contributed by atoms with E-state index in [1.807, 2.05) is 56.1 Å². The molecule has 1 saturated heterocycles. The van der Waals surface area contributed by atoms with Gasteiger partial charge in [-0.1, -0.05) is 44.2 Å². The number of phenols is 1. The first-order valence-corrected chi connectivity index (χ1v) is 13.6. The van der Waals surface area contributed by atoms with Gasteiger partial charge in [-0.3, -0.25) is 9.69 Å². The minimum atomic E-state index is -3.95. The molecule has 9 nitrogen and oxygen atoms in total. The van der Waals surface area contributed by atoms with Crippen LogP contribution in [0.3, 0.4) is 0 Å². The number of nitrogens with zero attached hydrogens (tertiary/aromatic N) is 2. The maximum Gasteiger partial charge on any atom is 0.243 e. The second kappa shape index (κ2) is 12.6. The van der Waals surface area contributed by atoms with E-state index in [1.165, 1.54) is 28.6 Å². The molecule has 0 radical (unpaired) electrons. The van der Waals surface area contributed by atoms with Crippen molar-refractivity contribution in [1.29, 1.82) is 0 Å². The number of hydrogen-bond acceptors (Lipinski definition) is 7. The van der Waals surface area contributed by atoms with E-state index in [0.29, 0.717) is 19.6 Å². The number of aliphatic hydroxyl groups is 1. The summed E-state index contributed by atoms with van der Waals surface area (Å²) in [5, 5.41) is 23.8. The van der Waals surface area contributed by atoms with Crippen molar-refractivity contribution in [1.82, 2.24) is 14.5 Å². The van der Waals surface area contributed by atoms with Gasteiger partial charge in [0.15, 0.2) is 0 Å². The average Bonchev–Trinajstić information content (AvgIpc) is 2.84. The molecule has 3 atom stereocenters. The van der Waals surface area contributed by atoms with Gasteiger partial charge in [0.1, 0.15) is 11.8 Å². The number of likely N-dealkylation sites (N-methyl/N-ethyl adjacent to an activating group) is 1. The molecular formula is C26H37N3O6S. The number of sulfonamides is 1. The first kappa shape index (κ1) is 28.1. The van der Waals surface area contributed by atoms with Crippen molar-refractivity contribution in [3.8, 4) is 5.75 Å². The molecule has 198 valence electrons. The highest BCUT2D eigenvalue weighted by Crippen LogP contribution is 2.21. The summed E-state index contributed by atoms with van der Waals surface area (Å²) < 4.78 is 33.6. The number of ether oxygens (including phenoxy) is 1. The number of rotatable bonds is 11.